The highest BCUT2D eigenvalue weighted by Gasteiger charge is 2.24. The first-order valence-electron chi connectivity index (χ1n) is 5.98. The molecular formula is C13H12BrClN2O2. The Morgan fingerprint density at radius 3 is 3.05 bits per heavy atom. The van der Waals surface area contributed by atoms with Crippen LogP contribution in [0, 0.1) is 0 Å². The predicted molar refractivity (Wildman–Crippen MR) is 77.2 cm³/mol. The first kappa shape index (κ1) is 13.0. The molecule has 1 aromatic carbocycles. The number of halogens is 2. The van der Waals surface area contributed by atoms with Crippen molar-refractivity contribution in [2.45, 2.75) is 13.0 Å². The topological polar surface area (TPSA) is 56.3 Å². The van der Waals surface area contributed by atoms with Crippen LogP contribution in [-0.4, -0.2) is 34.0 Å². The Kier molecular flexibility index (Phi) is 3.28. The number of fused-ring (bicyclic) bond motifs is 3. The zero-order valence-electron chi connectivity index (χ0n) is 10.0. The van der Waals surface area contributed by atoms with E-state index in [4.69, 9.17) is 16.7 Å². The van der Waals surface area contributed by atoms with Crippen molar-refractivity contribution in [2.24, 2.45) is 0 Å². The summed E-state index contributed by atoms with van der Waals surface area (Å²) in [6.45, 7) is 0.723. The summed E-state index contributed by atoms with van der Waals surface area (Å²) in [6, 6.07) is 3.81. The Bertz CT molecular complexity index is 668. The Labute approximate surface area is 123 Å². The Hall–Kier alpha value is -1.04. The molecule has 1 aliphatic rings. The number of nitrogens with one attached hydrogen (secondary N) is 1. The Morgan fingerprint density at radius 2 is 2.32 bits per heavy atom. The van der Waals surface area contributed by atoms with Crippen LogP contribution in [0.3, 0.4) is 0 Å². The molecule has 0 unspecified atom stereocenters. The van der Waals surface area contributed by atoms with Gasteiger partial charge in [-0.3, -0.25) is 4.79 Å². The number of aliphatic hydroxyl groups is 1. The summed E-state index contributed by atoms with van der Waals surface area (Å²) in [5, 5.41) is 10.7. The molecule has 0 saturated heterocycles. The van der Waals surface area contributed by atoms with Crippen LogP contribution in [0.1, 0.15) is 11.3 Å². The van der Waals surface area contributed by atoms with Crippen molar-refractivity contribution in [2.75, 3.05) is 13.2 Å². The maximum absolute atomic E-state index is 11.6. The van der Waals surface area contributed by atoms with Gasteiger partial charge in [-0.25, -0.2) is 0 Å². The fourth-order valence-electron chi connectivity index (χ4n) is 2.54. The van der Waals surface area contributed by atoms with Crippen LogP contribution in [0.4, 0.5) is 0 Å². The zero-order chi connectivity index (χ0) is 13.6. The van der Waals surface area contributed by atoms with Gasteiger partial charge in [-0.15, -0.1) is 0 Å². The molecule has 0 atom stereocenters. The lowest BCUT2D eigenvalue weighted by atomic mass is 10.0. The van der Waals surface area contributed by atoms with E-state index in [0.717, 1.165) is 33.1 Å². The third kappa shape index (κ3) is 2.06. The minimum Gasteiger partial charge on any atom is -0.387 e. The lowest BCUT2D eigenvalue weighted by Gasteiger charge is -2.26. The van der Waals surface area contributed by atoms with Crippen LogP contribution in [0.25, 0.3) is 10.9 Å². The number of aromatic nitrogens is 1. The lowest BCUT2D eigenvalue weighted by molar-refractivity contribution is -0.135. The maximum Gasteiger partial charge on any atom is 0.248 e. The van der Waals surface area contributed by atoms with E-state index in [9.17, 15) is 4.79 Å². The van der Waals surface area contributed by atoms with E-state index < -0.39 is 6.61 Å². The van der Waals surface area contributed by atoms with Crippen LogP contribution in [-0.2, 0) is 17.8 Å². The summed E-state index contributed by atoms with van der Waals surface area (Å²) in [5.74, 6) is -0.229. The van der Waals surface area contributed by atoms with Crippen molar-refractivity contribution in [3.05, 3.63) is 32.9 Å². The van der Waals surface area contributed by atoms with Crippen molar-refractivity contribution in [1.29, 1.82) is 0 Å². The van der Waals surface area contributed by atoms with E-state index in [1.807, 2.05) is 12.1 Å². The van der Waals surface area contributed by atoms with Gasteiger partial charge in [0.05, 0.1) is 15.0 Å². The fraction of sp³-hybridized carbons (Fsp3) is 0.308. The molecule has 0 saturated carbocycles. The van der Waals surface area contributed by atoms with Crippen molar-refractivity contribution in [3.63, 3.8) is 0 Å². The summed E-state index contributed by atoms with van der Waals surface area (Å²) < 4.78 is 0.848. The molecule has 4 nitrogen and oxygen atoms in total. The summed E-state index contributed by atoms with van der Waals surface area (Å²) in [4.78, 5) is 16.6. The summed E-state index contributed by atoms with van der Waals surface area (Å²) >= 11 is 9.57. The van der Waals surface area contributed by atoms with E-state index in [0.29, 0.717) is 18.1 Å². The SMILES string of the molecule is O=C(CO)N1CCc2[nH]c3c(Br)c(Cl)ccc3c2C1. The van der Waals surface area contributed by atoms with Gasteiger partial charge in [0.25, 0.3) is 0 Å². The summed E-state index contributed by atoms with van der Waals surface area (Å²) in [5.41, 5.74) is 3.22. The van der Waals surface area contributed by atoms with Gasteiger partial charge in [0, 0.05) is 36.2 Å². The number of nitrogens with zero attached hydrogens (tertiary/aromatic N) is 1. The third-order valence-corrected chi connectivity index (χ3v) is 4.90. The van der Waals surface area contributed by atoms with E-state index in [-0.39, 0.29) is 5.91 Å². The normalized spacial score (nSPS) is 14.8. The minimum absolute atomic E-state index is 0.229. The molecule has 0 radical (unpaired) electrons. The quantitative estimate of drug-likeness (QED) is 0.836. The first-order chi connectivity index (χ1) is 9.11. The molecule has 2 N–H and O–H groups in total. The molecule has 1 aliphatic heterocycles. The van der Waals surface area contributed by atoms with Crippen molar-refractivity contribution >= 4 is 44.3 Å². The Balaban J connectivity index is 2.09. The van der Waals surface area contributed by atoms with Gasteiger partial charge in [-0.05, 0) is 22.0 Å². The number of amides is 1. The number of hydrogen-bond acceptors (Lipinski definition) is 2. The van der Waals surface area contributed by atoms with Gasteiger partial charge in [0.2, 0.25) is 5.91 Å². The number of rotatable bonds is 1. The number of benzene rings is 1. The molecule has 1 aromatic heterocycles. The molecule has 0 bridgehead atoms. The van der Waals surface area contributed by atoms with E-state index in [1.54, 1.807) is 4.90 Å². The number of hydrogen-bond donors (Lipinski definition) is 2. The molecule has 100 valence electrons. The van der Waals surface area contributed by atoms with Crippen molar-refractivity contribution < 1.29 is 9.90 Å². The number of carbonyl (C=O) groups is 1. The molecule has 0 aliphatic carbocycles. The lowest BCUT2D eigenvalue weighted by Crippen LogP contribution is -2.37. The number of carbonyl (C=O) groups excluding carboxylic acids is 1. The highest BCUT2D eigenvalue weighted by Crippen LogP contribution is 2.35. The molecule has 0 fully saturated rings. The highest BCUT2D eigenvalue weighted by atomic mass is 79.9. The van der Waals surface area contributed by atoms with Crippen LogP contribution in [0.15, 0.2) is 16.6 Å². The van der Waals surface area contributed by atoms with Gasteiger partial charge in [-0.1, -0.05) is 17.7 Å². The maximum atomic E-state index is 11.6. The van der Waals surface area contributed by atoms with Gasteiger partial charge in [0.15, 0.2) is 0 Å². The molecule has 2 aromatic rings. The first-order valence-corrected chi connectivity index (χ1v) is 7.15. The smallest absolute Gasteiger partial charge is 0.248 e. The van der Waals surface area contributed by atoms with Gasteiger partial charge >= 0.3 is 0 Å². The number of H-pyrrole nitrogens is 1. The van der Waals surface area contributed by atoms with E-state index >= 15 is 0 Å². The van der Waals surface area contributed by atoms with Crippen LogP contribution < -0.4 is 0 Å². The molecular weight excluding hydrogens is 332 g/mol. The van der Waals surface area contributed by atoms with Gasteiger partial charge in [-0.2, -0.15) is 0 Å². The third-order valence-electron chi connectivity index (χ3n) is 3.53. The second-order valence-electron chi connectivity index (χ2n) is 4.59. The standard InChI is InChI=1S/C13H12BrClN2O2/c14-12-9(15)2-1-7-8-5-17(11(19)6-18)4-3-10(8)16-13(7)12/h1-2,16,18H,3-6H2. The second kappa shape index (κ2) is 4.81. The fourth-order valence-corrected chi connectivity index (χ4v) is 3.14. The molecule has 0 spiro atoms. The largest absolute Gasteiger partial charge is 0.387 e. The van der Waals surface area contributed by atoms with Gasteiger partial charge in [0.1, 0.15) is 6.61 Å². The number of aromatic amines is 1. The molecule has 1 amide bonds. The second-order valence-corrected chi connectivity index (χ2v) is 5.79. The van der Waals surface area contributed by atoms with E-state index in [1.165, 1.54) is 0 Å². The molecule has 6 heteroatoms. The average molecular weight is 344 g/mol. The van der Waals surface area contributed by atoms with Crippen LogP contribution in [0.5, 0.6) is 0 Å². The predicted octanol–water partition coefficient (Wildman–Crippen LogP) is 2.46. The highest BCUT2D eigenvalue weighted by molar-refractivity contribution is 9.10. The summed E-state index contributed by atoms with van der Waals surface area (Å²) in [7, 11) is 0. The monoisotopic (exact) mass is 342 g/mol. The van der Waals surface area contributed by atoms with Crippen molar-refractivity contribution in [3.8, 4) is 0 Å². The van der Waals surface area contributed by atoms with Gasteiger partial charge < -0.3 is 15.0 Å². The number of aliphatic hydroxyl groups excluding tert-OH is 1. The van der Waals surface area contributed by atoms with Crippen LogP contribution in [0.2, 0.25) is 5.02 Å². The summed E-state index contributed by atoms with van der Waals surface area (Å²) in [6.07, 6.45) is 0.764. The zero-order valence-corrected chi connectivity index (χ0v) is 12.4. The molecule has 3 rings (SSSR count). The van der Waals surface area contributed by atoms with E-state index in [2.05, 4.69) is 20.9 Å². The average Bonchev–Trinajstić information content (AvgIpc) is 2.80. The molecule has 2 heterocycles. The molecule has 19 heavy (non-hydrogen) atoms. The Morgan fingerprint density at radius 1 is 1.53 bits per heavy atom. The minimum atomic E-state index is -0.437. The van der Waals surface area contributed by atoms with Crippen LogP contribution >= 0.6 is 27.5 Å². The van der Waals surface area contributed by atoms with Crippen molar-refractivity contribution in [1.82, 2.24) is 9.88 Å².